The number of carboxylic acid groups (broad SMARTS) is 1. The van der Waals surface area contributed by atoms with Gasteiger partial charge in [0, 0.05) is 6.21 Å². The highest BCUT2D eigenvalue weighted by molar-refractivity contribution is 6.14. The maximum absolute atomic E-state index is 12.2. The summed E-state index contributed by atoms with van der Waals surface area (Å²) in [5.41, 5.74) is -2.33. The van der Waals surface area contributed by atoms with Crippen LogP contribution in [0.2, 0.25) is 0 Å². The predicted octanol–water partition coefficient (Wildman–Crippen LogP) is 0.931. The highest BCUT2D eigenvalue weighted by Crippen LogP contribution is 2.32. The Balaban J connectivity index is 3.22. The lowest BCUT2D eigenvalue weighted by Gasteiger charge is -2.14. The van der Waals surface area contributed by atoms with Gasteiger partial charge in [0.25, 0.3) is 0 Å². The van der Waals surface area contributed by atoms with Crippen LogP contribution in [-0.2, 0) is 9.59 Å². The van der Waals surface area contributed by atoms with Gasteiger partial charge in [0.1, 0.15) is 0 Å². The van der Waals surface area contributed by atoms with E-state index in [4.69, 9.17) is 5.11 Å². The summed E-state index contributed by atoms with van der Waals surface area (Å²) in [5, 5.41) is 8.40. The fourth-order valence-corrected chi connectivity index (χ4v) is 0.944. The topological polar surface area (TPSA) is 66.7 Å². The van der Waals surface area contributed by atoms with Crippen molar-refractivity contribution in [2.75, 3.05) is 0 Å². The molecule has 0 bridgehead atoms. The minimum atomic E-state index is -4.81. The van der Waals surface area contributed by atoms with Crippen LogP contribution in [0.15, 0.2) is 16.1 Å². The number of carboxylic acids is 1. The van der Waals surface area contributed by atoms with Gasteiger partial charge < -0.3 is 5.11 Å². The lowest BCUT2D eigenvalue weighted by Crippen LogP contribution is -2.24. The number of amides is 1. The fourth-order valence-electron chi connectivity index (χ4n) is 0.944. The van der Waals surface area contributed by atoms with Crippen LogP contribution in [0, 0.1) is 0 Å². The van der Waals surface area contributed by atoms with Gasteiger partial charge in [-0.2, -0.15) is 13.2 Å². The largest absolute Gasteiger partial charge is 0.478 e. The molecule has 0 fully saturated rings. The van der Waals surface area contributed by atoms with Crippen molar-refractivity contribution in [3.63, 3.8) is 0 Å². The first kappa shape index (κ1) is 10.4. The Labute approximate surface area is 75.7 Å². The van der Waals surface area contributed by atoms with E-state index in [1.54, 1.807) is 0 Å². The summed E-state index contributed by atoms with van der Waals surface area (Å²) in [7, 11) is 0. The van der Waals surface area contributed by atoms with Gasteiger partial charge in [0.2, 0.25) is 5.91 Å². The average molecular weight is 207 g/mol. The lowest BCUT2D eigenvalue weighted by molar-refractivity contribution is -0.133. The number of hydrogen-bond donors (Lipinski definition) is 1. The van der Waals surface area contributed by atoms with Crippen molar-refractivity contribution in [1.29, 1.82) is 0 Å². The van der Waals surface area contributed by atoms with Crippen molar-refractivity contribution in [2.24, 2.45) is 4.99 Å². The van der Waals surface area contributed by atoms with Crippen LogP contribution in [0.3, 0.4) is 0 Å². The molecule has 7 heteroatoms. The number of aliphatic imine (C=N–C) groups is 1. The number of carbonyl (C=O) groups is 2. The third-order valence-electron chi connectivity index (χ3n) is 1.56. The zero-order valence-corrected chi connectivity index (χ0v) is 6.63. The molecular weight excluding hydrogens is 203 g/mol. The molecule has 76 valence electrons. The van der Waals surface area contributed by atoms with Gasteiger partial charge in [-0.25, -0.2) is 9.79 Å². The molecule has 1 aliphatic heterocycles. The number of hydrogen-bond acceptors (Lipinski definition) is 2. The van der Waals surface area contributed by atoms with E-state index in [0.29, 0.717) is 6.21 Å². The smallest absolute Gasteiger partial charge is 0.414 e. The molecule has 0 saturated heterocycles. The number of nitrogens with zero attached hydrogens (tertiary/aromatic N) is 1. The average Bonchev–Trinajstić information content (AvgIpc) is 2.01. The summed E-state index contributed by atoms with van der Waals surface area (Å²) in [6.45, 7) is 0. The molecule has 1 rings (SSSR count). The summed E-state index contributed by atoms with van der Waals surface area (Å²) < 4.78 is 36.6. The molecule has 0 aromatic rings. The SMILES string of the molecule is O=C1CC(C(F)(F)F)=C(C(=O)O)C=N1. The Hall–Kier alpha value is -1.66. The van der Waals surface area contributed by atoms with E-state index in [1.807, 2.05) is 0 Å². The Morgan fingerprint density at radius 2 is 2.07 bits per heavy atom. The quantitative estimate of drug-likeness (QED) is 0.695. The van der Waals surface area contributed by atoms with E-state index >= 15 is 0 Å². The van der Waals surface area contributed by atoms with E-state index in [0.717, 1.165) is 0 Å². The molecule has 1 aliphatic rings. The molecule has 1 N–H and O–H groups in total. The van der Waals surface area contributed by atoms with Gasteiger partial charge >= 0.3 is 12.1 Å². The molecule has 1 amide bonds. The standard InChI is InChI=1S/C7H4F3NO3/c8-7(9,10)4-1-5(12)11-2-3(4)6(13)14/h2H,1H2,(H,13,14). The van der Waals surface area contributed by atoms with Crippen LogP contribution >= 0.6 is 0 Å². The van der Waals surface area contributed by atoms with Gasteiger partial charge in [0.15, 0.2) is 0 Å². The molecule has 4 nitrogen and oxygen atoms in total. The number of rotatable bonds is 1. The van der Waals surface area contributed by atoms with Crippen LogP contribution in [0.1, 0.15) is 6.42 Å². The molecule has 0 radical (unpaired) electrons. The first-order chi connectivity index (χ1) is 6.32. The Kier molecular flexibility index (Phi) is 2.41. The third kappa shape index (κ3) is 1.98. The Morgan fingerprint density at radius 3 is 2.50 bits per heavy atom. The highest BCUT2D eigenvalue weighted by Gasteiger charge is 2.40. The second-order valence-corrected chi connectivity index (χ2v) is 2.52. The third-order valence-corrected chi connectivity index (χ3v) is 1.56. The molecule has 0 aromatic heterocycles. The summed E-state index contributed by atoms with van der Waals surface area (Å²) in [6, 6.07) is 0. The molecule has 14 heavy (non-hydrogen) atoms. The first-order valence-corrected chi connectivity index (χ1v) is 3.43. The van der Waals surface area contributed by atoms with Crippen molar-refractivity contribution in [2.45, 2.75) is 12.6 Å². The number of dihydropyridines is 1. The zero-order chi connectivity index (χ0) is 10.9. The van der Waals surface area contributed by atoms with Gasteiger partial charge in [0.05, 0.1) is 17.6 Å². The Morgan fingerprint density at radius 1 is 1.50 bits per heavy atom. The van der Waals surface area contributed by atoms with Gasteiger partial charge in [-0.15, -0.1) is 0 Å². The van der Waals surface area contributed by atoms with Crippen molar-refractivity contribution >= 4 is 18.1 Å². The monoisotopic (exact) mass is 207 g/mol. The Bertz CT molecular complexity index is 354. The van der Waals surface area contributed by atoms with E-state index in [1.165, 1.54) is 0 Å². The van der Waals surface area contributed by atoms with Gasteiger partial charge in [-0.05, 0) is 0 Å². The molecular formula is C7H4F3NO3. The number of aliphatic carboxylic acids is 1. The van der Waals surface area contributed by atoms with Crippen LogP contribution in [0.4, 0.5) is 13.2 Å². The van der Waals surface area contributed by atoms with E-state index < -0.39 is 35.6 Å². The van der Waals surface area contributed by atoms with Crippen LogP contribution < -0.4 is 0 Å². The van der Waals surface area contributed by atoms with E-state index in [9.17, 15) is 22.8 Å². The summed E-state index contributed by atoms with van der Waals surface area (Å²) in [5.74, 6) is -2.74. The molecule has 0 aromatic carbocycles. The summed E-state index contributed by atoms with van der Waals surface area (Å²) in [6.07, 6.45) is -5.39. The second kappa shape index (κ2) is 3.24. The van der Waals surface area contributed by atoms with Crippen LogP contribution in [0.5, 0.6) is 0 Å². The maximum atomic E-state index is 12.2. The molecule has 0 aliphatic carbocycles. The van der Waals surface area contributed by atoms with Gasteiger partial charge in [-0.3, -0.25) is 4.79 Å². The van der Waals surface area contributed by atoms with Crippen molar-refractivity contribution in [1.82, 2.24) is 0 Å². The lowest BCUT2D eigenvalue weighted by atomic mass is 10.0. The first-order valence-electron chi connectivity index (χ1n) is 3.43. The molecule has 0 unspecified atom stereocenters. The minimum Gasteiger partial charge on any atom is -0.478 e. The molecule has 0 spiro atoms. The van der Waals surface area contributed by atoms with Crippen LogP contribution in [0.25, 0.3) is 0 Å². The normalized spacial score (nSPS) is 17.5. The molecule has 0 atom stereocenters. The minimum absolute atomic E-state index is 0.428. The number of alkyl halides is 3. The fraction of sp³-hybridized carbons (Fsp3) is 0.286. The summed E-state index contributed by atoms with van der Waals surface area (Å²) in [4.78, 5) is 23.9. The van der Waals surface area contributed by atoms with Crippen molar-refractivity contribution in [3.05, 3.63) is 11.1 Å². The summed E-state index contributed by atoms with van der Waals surface area (Å²) >= 11 is 0. The second-order valence-electron chi connectivity index (χ2n) is 2.52. The number of carbonyl (C=O) groups excluding carboxylic acids is 1. The predicted molar refractivity (Wildman–Crippen MR) is 38.8 cm³/mol. The van der Waals surface area contributed by atoms with E-state index in [2.05, 4.69) is 4.99 Å². The number of halogens is 3. The van der Waals surface area contributed by atoms with Crippen molar-refractivity contribution in [3.8, 4) is 0 Å². The molecule has 1 heterocycles. The molecule has 0 saturated carbocycles. The highest BCUT2D eigenvalue weighted by atomic mass is 19.4. The zero-order valence-electron chi connectivity index (χ0n) is 6.63. The van der Waals surface area contributed by atoms with Gasteiger partial charge in [-0.1, -0.05) is 0 Å². The van der Waals surface area contributed by atoms with Crippen molar-refractivity contribution < 1.29 is 27.9 Å². The van der Waals surface area contributed by atoms with Crippen LogP contribution in [-0.4, -0.2) is 29.4 Å². The van der Waals surface area contributed by atoms with E-state index in [-0.39, 0.29) is 0 Å². The maximum Gasteiger partial charge on any atom is 0.414 e.